The van der Waals surface area contributed by atoms with Gasteiger partial charge in [0.25, 0.3) is 0 Å². The topological polar surface area (TPSA) is 99.4 Å². The first-order valence-corrected chi connectivity index (χ1v) is 5.62. The smallest absolute Gasteiger partial charge is 0.125 e. The molecule has 1 aromatic carbocycles. The van der Waals surface area contributed by atoms with Gasteiger partial charge in [0, 0.05) is 11.1 Å². The molecule has 6 heteroatoms. The molecule has 0 fully saturated rings. The van der Waals surface area contributed by atoms with Gasteiger partial charge in [-0.1, -0.05) is 0 Å². The van der Waals surface area contributed by atoms with Crippen molar-refractivity contribution in [3.8, 4) is 11.5 Å². The maximum Gasteiger partial charge on any atom is 0.125 e. The van der Waals surface area contributed by atoms with Gasteiger partial charge in [0.1, 0.15) is 24.7 Å². The lowest BCUT2D eigenvalue weighted by atomic mass is 10.1. The quantitative estimate of drug-likeness (QED) is 0.497. The lowest BCUT2D eigenvalue weighted by Gasteiger charge is -2.16. The van der Waals surface area contributed by atoms with Crippen molar-refractivity contribution in [2.45, 2.75) is 13.2 Å². The van der Waals surface area contributed by atoms with Crippen LogP contribution in [-0.4, -0.2) is 46.9 Å². The van der Waals surface area contributed by atoms with Gasteiger partial charge in [-0.25, -0.2) is 0 Å². The largest absolute Gasteiger partial charge is 0.491 e. The van der Waals surface area contributed by atoms with E-state index in [4.69, 9.17) is 19.7 Å². The number of rotatable bonds is 8. The summed E-state index contributed by atoms with van der Waals surface area (Å²) in [6.45, 7) is -0.687. The van der Waals surface area contributed by atoms with Crippen molar-refractivity contribution in [1.29, 1.82) is 0 Å². The van der Waals surface area contributed by atoms with Crippen LogP contribution in [-0.2, 0) is 13.2 Å². The number of hydrogen-bond acceptors (Lipinski definition) is 6. The van der Waals surface area contributed by atoms with Crippen LogP contribution in [0.5, 0.6) is 11.5 Å². The Morgan fingerprint density at radius 3 is 1.39 bits per heavy atom. The first kappa shape index (κ1) is 14.7. The van der Waals surface area contributed by atoms with Crippen LogP contribution in [0.25, 0.3) is 0 Å². The highest BCUT2D eigenvalue weighted by molar-refractivity contribution is 5.48. The van der Waals surface area contributed by atoms with Gasteiger partial charge < -0.3 is 29.9 Å². The minimum absolute atomic E-state index is 0.106. The monoisotopic (exact) mass is 258 g/mol. The maximum absolute atomic E-state index is 9.32. The SMILES string of the molecule is OCCOc1ccc(OCCO)c(CO)c1CO. The molecule has 0 radical (unpaired) electrons. The third-order valence-corrected chi connectivity index (χ3v) is 2.36. The molecular formula is C12H18O6. The molecule has 1 aromatic rings. The van der Waals surface area contributed by atoms with Gasteiger partial charge >= 0.3 is 0 Å². The summed E-state index contributed by atoms with van der Waals surface area (Å²) in [5.41, 5.74) is 0.836. The standard InChI is InChI=1S/C12H18O6/c13-3-5-17-11-1-2-12(18-6-4-14)10(8-16)9(11)7-15/h1-2,13-16H,3-8H2. The van der Waals surface area contributed by atoms with Crippen molar-refractivity contribution < 1.29 is 29.9 Å². The van der Waals surface area contributed by atoms with Gasteiger partial charge in [0.05, 0.1) is 26.4 Å². The van der Waals surface area contributed by atoms with Crippen molar-refractivity contribution in [1.82, 2.24) is 0 Å². The Hall–Kier alpha value is -1.34. The summed E-state index contributed by atoms with van der Waals surface area (Å²) in [7, 11) is 0. The van der Waals surface area contributed by atoms with E-state index < -0.39 is 0 Å². The highest BCUT2D eigenvalue weighted by Gasteiger charge is 2.14. The third kappa shape index (κ3) is 3.58. The van der Waals surface area contributed by atoms with Crippen LogP contribution in [0.15, 0.2) is 12.1 Å². The summed E-state index contributed by atoms with van der Waals surface area (Å²) in [5, 5.41) is 36.0. The first-order valence-electron chi connectivity index (χ1n) is 5.62. The molecule has 18 heavy (non-hydrogen) atoms. The van der Waals surface area contributed by atoms with E-state index in [0.29, 0.717) is 22.6 Å². The highest BCUT2D eigenvalue weighted by atomic mass is 16.5. The lowest BCUT2D eigenvalue weighted by molar-refractivity contribution is 0.187. The number of ether oxygens (including phenoxy) is 2. The second kappa shape index (κ2) is 7.88. The fourth-order valence-corrected chi connectivity index (χ4v) is 1.58. The van der Waals surface area contributed by atoms with Crippen LogP contribution in [0.3, 0.4) is 0 Å². The molecule has 0 aromatic heterocycles. The van der Waals surface area contributed by atoms with Crippen molar-refractivity contribution in [2.75, 3.05) is 26.4 Å². The summed E-state index contributed by atoms with van der Waals surface area (Å²) in [5.74, 6) is 0.791. The van der Waals surface area contributed by atoms with E-state index in [2.05, 4.69) is 0 Å². The average molecular weight is 258 g/mol. The van der Waals surface area contributed by atoms with Crippen molar-refractivity contribution in [2.24, 2.45) is 0 Å². The lowest BCUT2D eigenvalue weighted by Crippen LogP contribution is -2.09. The summed E-state index contributed by atoms with van der Waals surface area (Å²) in [4.78, 5) is 0. The van der Waals surface area contributed by atoms with Gasteiger partial charge in [0.15, 0.2) is 0 Å². The molecular weight excluding hydrogens is 240 g/mol. The molecule has 0 unspecified atom stereocenters. The molecule has 102 valence electrons. The minimum Gasteiger partial charge on any atom is -0.491 e. The number of aliphatic hydroxyl groups is 4. The van der Waals surface area contributed by atoms with Gasteiger partial charge in [-0.05, 0) is 12.1 Å². The fraction of sp³-hybridized carbons (Fsp3) is 0.500. The Balaban J connectivity index is 3.02. The van der Waals surface area contributed by atoms with Gasteiger partial charge in [-0.2, -0.15) is 0 Å². The van der Waals surface area contributed by atoms with E-state index in [1.165, 1.54) is 0 Å². The molecule has 4 N–H and O–H groups in total. The van der Waals surface area contributed by atoms with Crippen molar-refractivity contribution in [3.63, 3.8) is 0 Å². The second-order valence-electron chi connectivity index (χ2n) is 3.48. The van der Waals surface area contributed by atoms with E-state index in [1.807, 2.05) is 0 Å². The summed E-state index contributed by atoms with van der Waals surface area (Å²) >= 11 is 0. The van der Waals surface area contributed by atoms with Crippen LogP contribution in [0.4, 0.5) is 0 Å². The van der Waals surface area contributed by atoms with E-state index in [1.54, 1.807) is 12.1 Å². The zero-order valence-corrected chi connectivity index (χ0v) is 10.0. The van der Waals surface area contributed by atoms with Gasteiger partial charge in [-0.3, -0.25) is 0 Å². The van der Waals surface area contributed by atoms with E-state index >= 15 is 0 Å². The zero-order valence-electron chi connectivity index (χ0n) is 10.0. The van der Waals surface area contributed by atoms with Crippen LogP contribution in [0.2, 0.25) is 0 Å². The minimum atomic E-state index is -0.313. The predicted molar refractivity (Wildman–Crippen MR) is 63.4 cm³/mol. The molecule has 0 saturated carbocycles. The Labute approximate surface area is 105 Å². The number of hydrogen-bond donors (Lipinski definition) is 4. The van der Waals surface area contributed by atoms with Crippen LogP contribution < -0.4 is 9.47 Å². The highest BCUT2D eigenvalue weighted by Crippen LogP contribution is 2.31. The zero-order chi connectivity index (χ0) is 13.4. The molecule has 0 saturated heterocycles. The van der Waals surface area contributed by atoms with Crippen LogP contribution in [0, 0.1) is 0 Å². The molecule has 6 nitrogen and oxygen atoms in total. The normalized spacial score (nSPS) is 10.4. The molecule has 0 bridgehead atoms. The summed E-state index contributed by atoms with van der Waals surface area (Å²) in [6, 6.07) is 3.18. The molecule has 0 spiro atoms. The van der Waals surface area contributed by atoms with Gasteiger partial charge in [0.2, 0.25) is 0 Å². The molecule has 0 aliphatic heterocycles. The van der Waals surface area contributed by atoms with Crippen molar-refractivity contribution in [3.05, 3.63) is 23.3 Å². The van der Waals surface area contributed by atoms with E-state index in [0.717, 1.165) is 0 Å². The molecule has 0 atom stereocenters. The van der Waals surface area contributed by atoms with E-state index in [-0.39, 0.29) is 39.6 Å². The maximum atomic E-state index is 9.32. The fourth-order valence-electron chi connectivity index (χ4n) is 1.58. The molecule has 1 rings (SSSR count). The molecule has 0 amide bonds. The van der Waals surface area contributed by atoms with E-state index in [9.17, 15) is 10.2 Å². The van der Waals surface area contributed by atoms with Gasteiger partial charge in [-0.15, -0.1) is 0 Å². The third-order valence-electron chi connectivity index (χ3n) is 2.36. The van der Waals surface area contributed by atoms with Crippen molar-refractivity contribution >= 4 is 0 Å². The first-order chi connectivity index (χ1) is 8.78. The summed E-state index contributed by atoms with van der Waals surface area (Å²) in [6.07, 6.45) is 0. The van der Waals surface area contributed by atoms with Crippen LogP contribution in [0.1, 0.15) is 11.1 Å². The number of aliphatic hydroxyl groups excluding tert-OH is 4. The Morgan fingerprint density at radius 2 is 1.11 bits per heavy atom. The van der Waals surface area contributed by atoms with Crippen LogP contribution >= 0.6 is 0 Å². The summed E-state index contributed by atoms with van der Waals surface area (Å²) < 4.78 is 10.5. The average Bonchev–Trinajstić information content (AvgIpc) is 2.42. The Bertz CT molecular complexity index is 331. The molecule has 0 aliphatic rings. The molecule has 0 heterocycles. The Kier molecular flexibility index (Phi) is 6.45. The Morgan fingerprint density at radius 1 is 0.722 bits per heavy atom. The number of benzene rings is 1. The molecule has 0 aliphatic carbocycles. The second-order valence-corrected chi connectivity index (χ2v) is 3.48. The predicted octanol–water partition coefficient (Wildman–Crippen LogP) is -0.587.